The van der Waals surface area contributed by atoms with Crippen LogP contribution in [-0.4, -0.2) is 54.2 Å². The number of nitrogens with one attached hydrogen (secondary N) is 3. The van der Waals surface area contributed by atoms with Crippen LogP contribution >= 0.6 is 0 Å². The van der Waals surface area contributed by atoms with Crippen LogP contribution in [0.2, 0.25) is 0 Å². The molecule has 2 heterocycles. The van der Waals surface area contributed by atoms with Crippen molar-refractivity contribution in [3.8, 4) is 0 Å². The van der Waals surface area contributed by atoms with Gasteiger partial charge < -0.3 is 15.2 Å². The molecule has 31 heavy (non-hydrogen) atoms. The summed E-state index contributed by atoms with van der Waals surface area (Å²) in [5, 5.41) is 5.07. The van der Waals surface area contributed by atoms with Gasteiger partial charge in [-0.15, -0.1) is 0 Å². The summed E-state index contributed by atoms with van der Waals surface area (Å²) in [5.74, 6) is -2.18. The van der Waals surface area contributed by atoms with E-state index in [2.05, 4.69) is 20.3 Å². The first-order chi connectivity index (χ1) is 14.7. The number of imidazole rings is 1. The van der Waals surface area contributed by atoms with E-state index in [9.17, 15) is 22.8 Å². The van der Waals surface area contributed by atoms with E-state index in [1.54, 1.807) is 49.0 Å². The quantitative estimate of drug-likeness (QED) is 0.516. The highest BCUT2D eigenvalue weighted by Gasteiger charge is 2.34. The van der Waals surface area contributed by atoms with Crippen LogP contribution < -0.4 is 15.4 Å². The van der Waals surface area contributed by atoms with E-state index in [4.69, 9.17) is 0 Å². The number of carbonyl (C=O) groups is 3. The van der Waals surface area contributed by atoms with Gasteiger partial charge in [0.25, 0.3) is 5.91 Å². The lowest BCUT2D eigenvalue weighted by atomic mass is 10.0. The van der Waals surface area contributed by atoms with Crippen molar-refractivity contribution in [3.05, 3.63) is 48.5 Å². The number of benzene rings is 1. The molecule has 3 rings (SSSR count). The Hall–Kier alpha value is -3.05. The van der Waals surface area contributed by atoms with E-state index in [0.717, 1.165) is 0 Å². The molecule has 1 aliphatic rings. The van der Waals surface area contributed by atoms with Gasteiger partial charge in [-0.2, -0.15) is 4.72 Å². The van der Waals surface area contributed by atoms with Gasteiger partial charge in [0.1, 0.15) is 17.9 Å². The Bertz CT molecular complexity index is 1060. The third-order valence-electron chi connectivity index (χ3n) is 4.97. The van der Waals surface area contributed by atoms with Gasteiger partial charge in [0, 0.05) is 31.9 Å². The van der Waals surface area contributed by atoms with E-state index < -0.39 is 45.6 Å². The van der Waals surface area contributed by atoms with Crippen LogP contribution in [0.1, 0.15) is 19.7 Å². The Morgan fingerprint density at radius 2 is 1.94 bits per heavy atom. The van der Waals surface area contributed by atoms with Crippen molar-refractivity contribution >= 4 is 27.6 Å². The number of Topliss-reactive ketones (excluding diaryl/α,β-unsaturated/α-hetero) is 1. The fraction of sp³-hybridized carbons (Fsp3) is 0.400. The zero-order valence-electron chi connectivity index (χ0n) is 17.2. The third kappa shape index (κ3) is 5.36. The monoisotopic (exact) mass is 447 g/mol. The topological polar surface area (TPSA) is 139 Å². The van der Waals surface area contributed by atoms with Crippen molar-refractivity contribution in [1.29, 1.82) is 0 Å². The SMILES string of the molecule is CC(C)C(NS(=O)(=O)c1ccccc1)C(=O)NC1Cc2nccn2CCNC(=O)C1=O. The number of fused-ring (bicyclic) bond motifs is 1. The minimum atomic E-state index is -3.96. The summed E-state index contributed by atoms with van der Waals surface area (Å²) in [4.78, 5) is 42.0. The van der Waals surface area contributed by atoms with E-state index in [0.29, 0.717) is 12.4 Å². The molecule has 1 aliphatic heterocycles. The Morgan fingerprint density at radius 3 is 2.61 bits per heavy atom. The molecule has 0 saturated heterocycles. The molecular weight excluding hydrogens is 422 g/mol. The molecular formula is C20H25N5O5S. The minimum absolute atomic E-state index is 0.0151. The lowest BCUT2D eigenvalue weighted by Gasteiger charge is -2.24. The second-order valence-electron chi connectivity index (χ2n) is 7.58. The Morgan fingerprint density at radius 1 is 1.23 bits per heavy atom. The zero-order valence-corrected chi connectivity index (χ0v) is 18.1. The number of hydrogen-bond donors (Lipinski definition) is 3. The lowest BCUT2D eigenvalue weighted by molar-refractivity contribution is -0.140. The third-order valence-corrected chi connectivity index (χ3v) is 6.43. The number of nitrogens with zero attached hydrogens (tertiary/aromatic N) is 2. The predicted octanol–water partition coefficient (Wildman–Crippen LogP) is -0.388. The molecule has 2 aromatic rings. The van der Waals surface area contributed by atoms with Crippen LogP contribution in [0.25, 0.3) is 0 Å². The lowest BCUT2D eigenvalue weighted by Crippen LogP contribution is -2.55. The van der Waals surface area contributed by atoms with Crippen LogP contribution in [0.15, 0.2) is 47.6 Å². The van der Waals surface area contributed by atoms with Crippen LogP contribution in [0.5, 0.6) is 0 Å². The van der Waals surface area contributed by atoms with Crippen molar-refractivity contribution in [2.75, 3.05) is 6.54 Å². The molecule has 1 aromatic carbocycles. The average molecular weight is 448 g/mol. The molecule has 0 fully saturated rings. The molecule has 2 unspecified atom stereocenters. The van der Waals surface area contributed by atoms with Gasteiger partial charge in [-0.05, 0) is 18.1 Å². The van der Waals surface area contributed by atoms with Gasteiger partial charge in [0.15, 0.2) is 0 Å². The maximum atomic E-state index is 13.0. The summed E-state index contributed by atoms with van der Waals surface area (Å²) in [7, 11) is -3.96. The molecule has 2 amide bonds. The normalized spacial score (nSPS) is 18.4. The summed E-state index contributed by atoms with van der Waals surface area (Å²) in [6, 6.07) is 5.37. The molecule has 166 valence electrons. The van der Waals surface area contributed by atoms with Crippen molar-refractivity contribution in [3.63, 3.8) is 0 Å². The number of amides is 2. The molecule has 3 N–H and O–H groups in total. The minimum Gasteiger partial charge on any atom is -0.348 e. The second kappa shape index (κ2) is 9.40. The molecule has 11 heteroatoms. The maximum absolute atomic E-state index is 13.0. The van der Waals surface area contributed by atoms with E-state index in [1.165, 1.54) is 12.1 Å². The Labute approximate surface area is 180 Å². The Kier molecular flexibility index (Phi) is 6.86. The summed E-state index contributed by atoms with van der Waals surface area (Å²) < 4.78 is 29.6. The van der Waals surface area contributed by atoms with Crippen molar-refractivity contribution in [2.24, 2.45) is 5.92 Å². The van der Waals surface area contributed by atoms with Crippen LogP contribution in [-0.2, 0) is 37.4 Å². The first-order valence-electron chi connectivity index (χ1n) is 9.89. The van der Waals surface area contributed by atoms with Gasteiger partial charge in [-0.3, -0.25) is 14.4 Å². The highest BCUT2D eigenvalue weighted by atomic mass is 32.2. The number of aromatic nitrogens is 2. The van der Waals surface area contributed by atoms with Crippen LogP contribution in [0, 0.1) is 5.92 Å². The molecule has 0 bridgehead atoms. The summed E-state index contributed by atoms with van der Waals surface area (Å²) >= 11 is 0. The maximum Gasteiger partial charge on any atom is 0.289 e. The first-order valence-corrected chi connectivity index (χ1v) is 11.4. The highest BCUT2D eigenvalue weighted by molar-refractivity contribution is 7.89. The largest absolute Gasteiger partial charge is 0.348 e. The van der Waals surface area contributed by atoms with Crippen LogP contribution in [0.3, 0.4) is 0 Å². The molecule has 0 saturated carbocycles. The predicted molar refractivity (Wildman–Crippen MR) is 111 cm³/mol. The fourth-order valence-corrected chi connectivity index (χ4v) is 4.61. The molecule has 10 nitrogen and oxygen atoms in total. The van der Waals surface area contributed by atoms with Gasteiger partial charge in [0.05, 0.1) is 4.90 Å². The number of ketones is 1. The molecule has 1 aromatic heterocycles. The van der Waals surface area contributed by atoms with E-state index in [1.807, 2.05) is 0 Å². The van der Waals surface area contributed by atoms with Crippen LogP contribution in [0.4, 0.5) is 0 Å². The smallest absolute Gasteiger partial charge is 0.289 e. The van der Waals surface area contributed by atoms with E-state index >= 15 is 0 Å². The number of carbonyl (C=O) groups excluding carboxylic acids is 3. The average Bonchev–Trinajstić information content (AvgIpc) is 3.18. The standard InChI is InChI=1S/C20H25N5O5S/c1-13(2)17(24-31(29,30)14-6-4-3-5-7-14)19(27)23-15-12-16-21-8-10-25(16)11-9-22-20(28)18(15)26/h3-8,10,13,15,17,24H,9,11-12H2,1-2H3,(H,22,28)(H,23,27). The zero-order chi connectivity index (χ0) is 22.6. The number of hydrogen-bond acceptors (Lipinski definition) is 6. The highest BCUT2D eigenvalue weighted by Crippen LogP contribution is 2.13. The van der Waals surface area contributed by atoms with Crippen molar-refractivity contribution in [1.82, 2.24) is 24.9 Å². The molecule has 0 aliphatic carbocycles. The van der Waals surface area contributed by atoms with Gasteiger partial charge in [-0.1, -0.05) is 32.0 Å². The molecule has 2 atom stereocenters. The van der Waals surface area contributed by atoms with Gasteiger partial charge in [0.2, 0.25) is 21.7 Å². The van der Waals surface area contributed by atoms with E-state index in [-0.39, 0.29) is 17.9 Å². The first kappa shape index (κ1) is 22.6. The summed E-state index contributed by atoms with van der Waals surface area (Å²) in [5.41, 5.74) is 0. The van der Waals surface area contributed by atoms with Crippen molar-refractivity contribution in [2.45, 2.75) is 43.8 Å². The summed E-state index contributed by atoms with van der Waals surface area (Å²) in [6.07, 6.45) is 3.31. The summed E-state index contributed by atoms with van der Waals surface area (Å²) in [6.45, 7) is 4.06. The number of rotatable bonds is 6. The van der Waals surface area contributed by atoms with Crippen molar-refractivity contribution < 1.29 is 22.8 Å². The van der Waals surface area contributed by atoms with Gasteiger partial charge in [-0.25, -0.2) is 13.4 Å². The Balaban J connectivity index is 1.82. The molecule has 0 spiro atoms. The fourth-order valence-electron chi connectivity index (χ4n) is 3.25. The molecule has 0 radical (unpaired) electrons. The second-order valence-corrected chi connectivity index (χ2v) is 9.29. The van der Waals surface area contributed by atoms with Gasteiger partial charge >= 0.3 is 0 Å². The number of sulfonamides is 1.